The summed E-state index contributed by atoms with van der Waals surface area (Å²) in [4.78, 5) is 12.5. The number of hydrogen-bond donors (Lipinski definition) is 0. The van der Waals surface area contributed by atoms with Gasteiger partial charge in [0.05, 0.1) is 0 Å². The summed E-state index contributed by atoms with van der Waals surface area (Å²) in [6.07, 6.45) is 0. The van der Waals surface area contributed by atoms with E-state index < -0.39 is 0 Å². The van der Waals surface area contributed by atoms with Crippen LogP contribution >= 0.6 is 15.9 Å². The quantitative estimate of drug-likeness (QED) is 0.741. The molecule has 0 heterocycles. The minimum atomic E-state index is 0.0636. The van der Waals surface area contributed by atoms with Gasteiger partial charge in [0.1, 0.15) is 0 Å². The van der Waals surface area contributed by atoms with Gasteiger partial charge in [-0.3, -0.25) is 4.79 Å². The van der Waals surface area contributed by atoms with E-state index in [9.17, 15) is 4.79 Å². The molecule has 0 amide bonds. The molecule has 2 aromatic carbocycles. The second-order valence-electron chi connectivity index (χ2n) is 4.69. The van der Waals surface area contributed by atoms with Crippen LogP contribution < -0.4 is 0 Å². The molecule has 0 aliphatic carbocycles. The zero-order valence-corrected chi connectivity index (χ0v) is 12.3. The first-order valence-electron chi connectivity index (χ1n) is 5.86. The molecule has 2 heteroatoms. The third-order valence-corrected chi connectivity index (χ3v) is 3.51. The molecule has 0 spiro atoms. The molecule has 0 N–H and O–H groups in total. The fraction of sp³-hybridized carbons (Fsp3) is 0.188. The van der Waals surface area contributed by atoms with Gasteiger partial charge in [0.25, 0.3) is 0 Å². The Hall–Kier alpha value is -1.41. The summed E-state index contributed by atoms with van der Waals surface area (Å²) in [5, 5.41) is 0. The monoisotopic (exact) mass is 302 g/mol. The lowest BCUT2D eigenvalue weighted by molar-refractivity contribution is 0.103. The molecule has 0 saturated heterocycles. The van der Waals surface area contributed by atoms with Crippen LogP contribution in [0.2, 0.25) is 0 Å². The smallest absolute Gasteiger partial charge is 0.194 e. The molecule has 0 atom stereocenters. The standard InChI is InChI=1S/C16H15BrO/c1-10-4-5-14(15(17)9-10)16(18)13-7-11(2)6-12(3)8-13/h4-9H,1-3H3. The molecule has 18 heavy (non-hydrogen) atoms. The second kappa shape index (κ2) is 5.07. The summed E-state index contributed by atoms with van der Waals surface area (Å²) in [5.41, 5.74) is 4.82. The average Bonchev–Trinajstić information content (AvgIpc) is 2.26. The molecule has 0 unspecified atom stereocenters. The van der Waals surface area contributed by atoms with Crippen LogP contribution in [-0.4, -0.2) is 5.78 Å². The third kappa shape index (κ3) is 2.70. The van der Waals surface area contributed by atoms with E-state index in [2.05, 4.69) is 22.0 Å². The highest BCUT2D eigenvalue weighted by Crippen LogP contribution is 2.22. The van der Waals surface area contributed by atoms with E-state index in [1.165, 1.54) is 0 Å². The highest BCUT2D eigenvalue weighted by atomic mass is 79.9. The van der Waals surface area contributed by atoms with Crippen molar-refractivity contribution < 1.29 is 4.79 Å². The molecule has 0 radical (unpaired) electrons. The number of carbonyl (C=O) groups excluding carboxylic acids is 1. The molecule has 2 aromatic rings. The maximum Gasteiger partial charge on any atom is 0.194 e. The van der Waals surface area contributed by atoms with E-state index in [1.807, 2.05) is 51.1 Å². The minimum Gasteiger partial charge on any atom is -0.289 e. The number of ketones is 1. The first-order valence-corrected chi connectivity index (χ1v) is 6.66. The van der Waals surface area contributed by atoms with Crippen LogP contribution in [0.4, 0.5) is 0 Å². The molecule has 2 rings (SSSR count). The van der Waals surface area contributed by atoms with E-state index >= 15 is 0 Å². The van der Waals surface area contributed by atoms with Crippen LogP contribution in [0.5, 0.6) is 0 Å². The zero-order valence-electron chi connectivity index (χ0n) is 10.8. The van der Waals surface area contributed by atoms with E-state index in [-0.39, 0.29) is 5.78 Å². The van der Waals surface area contributed by atoms with E-state index in [0.717, 1.165) is 26.7 Å². The Kier molecular flexibility index (Phi) is 3.67. The Morgan fingerprint density at radius 3 is 2.06 bits per heavy atom. The van der Waals surface area contributed by atoms with Gasteiger partial charge in [-0.25, -0.2) is 0 Å². The summed E-state index contributed by atoms with van der Waals surface area (Å²) in [5.74, 6) is 0.0636. The van der Waals surface area contributed by atoms with Crippen molar-refractivity contribution in [3.05, 3.63) is 68.7 Å². The molecule has 0 fully saturated rings. The topological polar surface area (TPSA) is 17.1 Å². The van der Waals surface area contributed by atoms with Crippen LogP contribution in [0.1, 0.15) is 32.6 Å². The lowest BCUT2D eigenvalue weighted by Crippen LogP contribution is -2.03. The van der Waals surface area contributed by atoms with Crippen molar-refractivity contribution in [2.75, 3.05) is 0 Å². The second-order valence-corrected chi connectivity index (χ2v) is 5.54. The van der Waals surface area contributed by atoms with Crippen LogP contribution in [0.25, 0.3) is 0 Å². The van der Waals surface area contributed by atoms with Crippen LogP contribution in [0.3, 0.4) is 0 Å². The summed E-state index contributed by atoms with van der Waals surface area (Å²) in [6.45, 7) is 6.03. The van der Waals surface area contributed by atoms with Crippen molar-refractivity contribution in [1.82, 2.24) is 0 Å². The van der Waals surface area contributed by atoms with Gasteiger partial charge in [-0.15, -0.1) is 0 Å². The number of halogens is 1. The van der Waals surface area contributed by atoms with Crippen molar-refractivity contribution in [3.8, 4) is 0 Å². The average molecular weight is 303 g/mol. The molecule has 0 bridgehead atoms. The normalized spacial score (nSPS) is 10.4. The van der Waals surface area contributed by atoms with Crippen molar-refractivity contribution >= 4 is 21.7 Å². The Balaban J connectivity index is 2.47. The predicted molar refractivity (Wildman–Crippen MR) is 78.2 cm³/mol. The summed E-state index contributed by atoms with van der Waals surface area (Å²) in [7, 11) is 0. The van der Waals surface area contributed by atoms with Crippen molar-refractivity contribution in [3.63, 3.8) is 0 Å². The van der Waals surface area contributed by atoms with Gasteiger partial charge in [-0.2, -0.15) is 0 Å². The summed E-state index contributed by atoms with van der Waals surface area (Å²) >= 11 is 3.46. The van der Waals surface area contributed by atoms with Gasteiger partial charge in [0.15, 0.2) is 5.78 Å². The molecule has 92 valence electrons. The van der Waals surface area contributed by atoms with Gasteiger partial charge in [-0.1, -0.05) is 39.2 Å². The first kappa shape index (κ1) is 13.0. The Bertz CT molecular complexity index is 594. The van der Waals surface area contributed by atoms with Crippen molar-refractivity contribution in [2.45, 2.75) is 20.8 Å². The Morgan fingerprint density at radius 2 is 1.50 bits per heavy atom. The van der Waals surface area contributed by atoms with E-state index in [1.54, 1.807) is 0 Å². The molecule has 0 saturated carbocycles. The fourth-order valence-corrected chi connectivity index (χ4v) is 2.74. The molecule has 0 aromatic heterocycles. The number of hydrogen-bond acceptors (Lipinski definition) is 1. The molecule has 0 aliphatic heterocycles. The lowest BCUT2D eigenvalue weighted by Gasteiger charge is -2.07. The van der Waals surface area contributed by atoms with E-state index in [4.69, 9.17) is 0 Å². The zero-order chi connectivity index (χ0) is 13.3. The maximum absolute atomic E-state index is 12.5. The summed E-state index contributed by atoms with van der Waals surface area (Å²) < 4.78 is 0.853. The van der Waals surface area contributed by atoms with Crippen molar-refractivity contribution in [2.24, 2.45) is 0 Å². The molecular weight excluding hydrogens is 288 g/mol. The fourth-order valence-electron chi connectivity index (χ4n) is 2.07. The lowest BCUT2D eigenvalue weighted by atomic mass is 9.99. The number of aryl methyl sites for hydroxylation is 3. The van der Waals surface area contributed by atoms with Gasteiger partial charge >= 0.3 is 0 Å². The number of rotatable bonds is 2. The SMILES string of the molecule is Cc1cc(C)cc(C(=O)c2ccc(C)cc2Br)c1. The minimum absolute atomic E-state index is 0.0636. The summed E-state index contributed by atoms with van der Waals surface area (Å²) in [6, 6.07) is 11.7. The van der Waals surface area contributed by atoms with Gasteiger partial charge in [-0.05, 0) is 50.6 Å². The van der Waals surface area contributed by atoms with Crippen LogP contribution in [-0.2, 0) is 0 Å². The predicted octanol–water partition coefficient (Wildman–Crippen LogP) is 4.61. The Labute approximate surface area is 116 Å². The van der Waals surface area contributed by atoms with Gasteiger partial charge < -0.3 is 0 Å². The van der Waals surface area contributed by atoms with Crippen molar-refractivity contribution in [1.29, 1.82) is 0 Å². The first-order chi connectivity index (χ1) is 8.47. The van der Waals surface area contributed by atoms with E-state index in [0.29, 0.717) is 5.56 Å². The number of carbonyl (C=O) groups is 1. The van der Waals surface area contributed by atoms with Crippen LogP contribution in [0, 0.1) is 20.8 Å². The van der Waals surface area contributed by atoms with Crippen LogP contribution in [0.15, 0.2) is 40.9 Å². The molecule has 1 nitrogen and oxygen atoms in total. The third-order valence-electron chi connectivity index (χ3n) is 2.85. The number of benzene rings is 2. The van der Waals surface area contributed by atoms with Gasteiger partial charge in [0, 0.05) is 15.6 Å². The van der Waals surface area contributed by atoms with Gasteiger partial charge in [0.2, 0.25) is 0 Å². The Morgan fingerprint density at radius 1 is 0.889 bits per heavy atom. The highest BCUT2D eigenvalue weighted by molar-refractivity contribution is 9.10. The molecule has 0 aliphatic rings. The largest absolute Gasteiger partial charge is 0.289 e. The highest BCUT2D eigenvalue weighted by Gasteiger charge is 2.13. The molecular formula is C16H15BrO. The maximum atomic E-state index is 12.5.